The second-order valence-electron chi connectivity index (χ2n) is 10.00. The molecular weight excluding hydrogens is 360 g/mol. The second kappa shape index (κ2) is 8.68. The minimum absolute atomic E-state index is 0.486. The van der Waals surface area contributed by atoms with Gasteiger partial charge in [0.25, 0.3) is 0 Å². The molecule has 31 heavy (non-hydrogen) atoms. The lowest BCUT2D eigenvalue weighted by atomic mass is 9.59. The van der Waals surface area contributed by atoms with Crippen molar-refractivity contribution in [2.45, 2.75) is 19.8 Å². The van der Waals surface area contributed by atoms with Crippen molar-refractivity contribution in [2.75, 3.05) is 0 Å². The van der Waals surface area contributed by atoms with Gasteiger partial charge in [0.1, 0.15) is 78.5 Å². The van der Waals surface area contributed by atoms with Crippen molar-refractivity contribution in [1.82, 2.24) is 0 Å². The molecule has 0 N–H and O–H groups in total. The van der Waals surface area contributed by atoms with Gasteiger partial charge < -0.3 is 0 Å². The summed E-state index contributed by atoms with van der Waals surface area (Å²) in [5.41, 5.74) is 21.2. The van der Waals surface area contributed by atoms with E-state index in [0.29, 0.717) is 5.92 Å². The van der Waals surface area contributed by atoms with Gasteiger partial charge in [-0.05, 0) is 39.8 Å². The molecule has 0 unspecified atom stereocenters. The third-order valence-electron chi connectivity index (χ3n) is 8.20. The fourth-order valence-corrected chi connectivity index (χ4v) is 5.14. The Morgan fingerprint density at radius 3 is 0.935 bits per heavy atom. The van der Waals surface area contributed by atoms with Crippen LogP contribution in [0.15, 0.2) is 18.2 Å². The molecule has 3 aromatic carbocycles. The van der Waals surface area contributed by atoms with Crippen molar-refractivity contribution in [1.29, 1.82) is 0 Å². The second-order valence-corrected chi connectivity index (χ2v) is 10.00. The lowest BCUT2D eigenvalue weighted by Gasteiger charge is -2.24. The van der Waals surface area contributed by atoms with Crippen LogP contribution in [-0.2, 0) is 0 Å². The highest BCUT2D eigenvalue weighted by atomic mass is 14.2. The number of hydrogen-bond donors (Lipinski definition) is 0. The van der Waals surface area contributed by atoms with Crippen LogP contribution in [0, 0.1) is 0 Å². The Balaban J connectivity index is 2.43. The van der Waals surface area contributed by atoms with Crippen LogP contribution in [0.3, 0.4) is 0 Å². The van der Waals surface area contributed by atoms with Crippen LogP contribution in [0.25, 0.3) is 22.3 Å². The molecule has 0 aromatic heterocycles. The molecule has 0 heterocycles. The van der Waals surface area contributed by atoms with E-state index in [4.69, 9.17) is 0 Å². The maximum Gasteiger partial charge on any atom is 0.139 e. The molecule has 144 valence electrons. The summed E-state index contributed by atoms with van der Waals surface area (Å²) >= 11 is 0. The molecule has 0 saturated heterocycles. The molecule has 0 bridgehead atoms. The van der Waals surface area contributed by atoms with Gasteiger partial charge in [-0.3, -0.25) is 0 Å². The summed E-state index contributed by atoms with van der Waals surface area (Å²) in [4.78, 5) is 0. The number of benzene rings is 3. The summed E-state index contributed by atoms with van der Waals surface area (Å²) in [6.07, 6.45) is 0. The van der Waals surface area contributed by atoms with Gasteiger partial charge in [0.15, 0.2) is 0 Å². The quantitative estimate of drug-likeness (QED) is 0.390. The molecule has 3 aromatic rings. The zero-order valence-corrected chi connectivity index (χ0v) is 21.8. The van der Waals surface area contributed by atoms with Gasteiger partial charge in [-0.15, -0.1) is 32.8 Å². The van der Waals surface area contributed by atoms with Gasteiger partial charge in [-0.1, -0.05) is 47.8 Å². The van der Waals surface area contributed by atoms with E-state index >= 15 is 0 Å². The lowest BCUT2D eigenvalue weighted by Crippen LogP contribution is -2.55. The van der Waals surface area contributed by atoms with Crippen molar-refractivity contribution in [3.63, 3.8) is 0 Å². The van der Waals surface area contributed by atoms with E-state index in [2.05, 4.69) is 111 Å². The van der Waals surface area contributed by atoms with Crippen molar-refractivity contribution in [3.05, 3.63) is 23.8 Å². The first kappa shape index (κ1) is 24.0. The first-order valence-electron chi connectivity index (χ1n) is 11.7. The van der Waals surface area contributed by atoms with Crippen molar-refractivity contribution in [2.24, 2.45) is 0 Å². The summed E-state index contributed by atoms with van der Waals surface area (Å²) in [6.45, 7) is 4.61. The maximum absolute atomic E-state index is 2.44. The fraction of sp³-hybridized carbons (Fsp3) is 0.143. The highest BCUT2D eigenvalue weighted by Gasteiger charge is 2.18. The summed E-state index contributed by atoms with van der Waals surface area (Å²) < 4.78 is 0. The molecule has 0 aliphatic rings. The first-order chi connectivity index (χ1) is 14.4. The summed E-state index contributed by atoms with van der Waals surface area (Å²) in [5, 5.41) is 0. The summed E-state index contributed by atoms with van der Waals surface area (Å²) in [6, 6.07) is 7.30. The van der Waals surface area contributed by atoms with Crippen LogP contribution < -0.4 is 54.6 Å². The predicted molar refractivity (Wildman–Crippen MR) is 173 cm³/mol. The molecular formula is C21H30B10. The largest absolute Gasteiger partial charge is 0.139 e. The van der Waals surface area contributed by atoms with E-state index in [1.54, 1.807) is 0 Å². The molecule has 0 amide bonds. The van der Waals surface area contributed by atoms with E-state index in [0.717, 1.165) is 0 Å². The Morgan fingerprint density at radius 1 is 0.419 bits per heavy atom. The fourth-order valence-electron chi connectivity index (χ4n) is 5.14. The lowest BCUT2D eigenvalue weighted by molar-refractivity contribution is 0.867. The van der Waals surface area contributed by atoms with Crippen LogP contribution in [0.5, 0.6) is 0 Å². The third-order valence-corrected chi connectivity index (χ3v) is 8.20. The molecule has 10 heteroatoms. The van der Waals surface area contributed by atoms with Crippen molar-refractivity contribution < 1.29 is 0 Å². The minimum atomic E-state index is 0.486. The SMILES string of the molecule is Bc1c(B)c(B)c(-c2cc(-c3c(B)c(B)c(B)c(B)c3B)cc(C(C)C)c2)c(B)c1B. The zero-order valence-electron chi connectivity index (χ0n) is 21.8. The number of rotatable bonds is 3. The molecule has 0 aliphatic heterocycles. The van der Waals surface area contributed by atoms with Crippen molar-refractivity contribution in [3.8, 4) is 22.3 Å². The molecule has 0 radical (unpaired) electrons. The first-order valence-corrected chi connectivity index (χ1v) is 11.7. The monoisotopic (exact) mass is 392 g/mol. The molecule has 0 fully saturated rings. The Bertz CT molecular complexity index is 1070. The van der Waals surface area contributed by atoms with Crippen LogP contribution >= 0.6 is 0 Å². The van der Waals surface area contributed by atoms with Gasteiger partial charge in [-0.25, -0.2) is 0 Å². The van der Waals surface area contributed by atoms with Crippen LogP contribution in [0.2, 0.25) is 0 Å². The average molecular weight is 391 g/mol. The average Bonchev–Trinajstić information content (AvgIpc) is 2.73. The van der Waals surface area contributed by atoms with Gasteiger partial charge in [0.2, 0.25) is 0 Å². The van der Waals surface area contributed by atoms with Crippen LogP contribution in [-0.4, -0.2) is 78.5 Å². The topological polar surface area (TPSA) is 0 Å². The van der Waals surface area contributed by atoms with E-state index in [1.807, 2.05) is 0 Å². The summed E-state index contributed by atoms with van der Waals surface area (Å²) in [5.74, 6) is 0.486. The smallest absolute Gasteiger partial charge is 0.102 e. The molecule has 0 aliphatic carbocycles. The molecule has 0 saturated carbocycles. The standard InChI is InChI=1S/C21H30B10/c1-6(2)7-3-8(10-12(22)16(26)20(30)17(27)13(10)23)5-9(4-7)11-14(24)18(28)21(31)19(29)15(11)25/h3-6H,22-31H2,1-2H3. The highest BCUT2D eigenvalue weighted by molar-refractivity contribution is 6.70. The van der Waals surface area contributed by atoms with Crippen molar-refractivity contribution >= 4 is 133 Å². The van der Waals surface area contributed by atoms with Crippen LogP contribution in [0.4, 0.5) is 0 Å². The normalized spacial score (nSPS) is 11.2. The molecule has 0 atom stereocenters. The van der Waals surface area contributed by atoms with E-state index in [9.17, 15) is 0 Å². The Hall–Kier alpha value is -1.69. The minimum Gasteiger partial charge on any atom is -0.102 e. The Kier molecular flexibility index (Phi) is 6.71. The molecule has 0 nitrogen and oxygen atoms in total. The molecule has 0 spiro atoms. The van der Waals surface area contributed by atoms with E-state index in [1.165, 1.54) is 82.4 Å². The predicted octanol–water partition coefficient (Wildman–Crippen LogP) is -11.3. The Morgan fingerprint density at radius 2 is 0.677 bits per heavy atom. The number of hydrogen-bond acceptors (Lipinski definition) is 0. The Labute approximate surface area is 198 Å². The van der Waals surface area contributed by atoms with Gasteiger partial charge in [0, 0.05) is 0 Å². The van der Waals surface area contributed by atoms with E-state index in [-0.39, 0.29) is 0 Å². The maximum atomic E-state index is 2.44. The molecule has 3 rings (SSSR count). The zero-order chi connectivity index (χ0) is 23.4. The van der Waals surface area contributed by atoms with Gasteiger partial charge in [-0.2, -0.15) is 0 Å². The van der Waals surface area contributed by atoms with Gasteiger partial charge in [0.05, 0.1) is 0 Å². The van der Waals surface area contributed by atoms with E-state index < -0.39 is 0 Å². The van der Waals surface area contributed by atoms with Gasteiger partial charge >= 0.3 is 0 Å². The van der Waals surface area contributed by atoms with Crippen LogP contribution in [0.1, 0.15) is 25.3 Å². The summed E-state index contributed by atoms with van der Waals surface area (Å²) in [7, 11) is 22.8. The third kappa shape index (κ3) is 3.96. The highest BCUT2D eigenvalue weighted by Crippen LogP contribution is 2.28.